The lowest BCUT2D eigenvalue weighted by Gasteiger charge is -2.34. The summed E-state index contributed by atoms with van der Waals surface area (Å²) in [4.78, 5) is 7.69. The van der Waals surface area contributed by atoms with Crippen LogP contribution < -0.4 is 5.73 Å². The Labute approximate surface area is 113 Å². The summed E-state index contributed by atoms with van der Waals surface area (Å²) < 4.78 is 0. The number of nitrogen functional groups attached to an aromatic ring is 1. The van der Waals surface area contributed by atoms with E-state index in [-0.39, 0.29) is 6.10 Å². The maximum absolute atomic E-state index is 9.66. The molecule has 4 nitrogen and oxygen atoms in total. The molecule has 5 heteroatoms. The Morgan fingerprint density at radius 3 is 2.78 bits per heavy atom. The smallest absolute Gasteiger partial charge is 0.180 e. The number of hydrogen-bond acceptors (Lipinski definition) is 5. The van der Waals surface area contributed by atoms with Gasteiger partial charge in [-0.1, -0.05) is 19.3 Å². The van der Waals surface area contributed by atoms with Gasteiger partial charge in [0.25, 0.3) is 0 Å². The van der Waals surface area contributed by atoms with Gasteiger partial charge in [0, 0.05) is 30.2 Å². The van der Waals surface area contributed by atoms with Crippen LogP contribution in [0.1, 0.15) is 43.9 Å². The summed E-state index contributed by atoms with van der Waals surface area (Å²) in [6.07, 6.45) is 8.06. The van der Waals surface area contributed by atoms with Crippen molar-refractivity contribution in [2.45, 2.75) is 57.7 Å². The summed E-state index contributed by atoms with van der Waals surface area (Å²) in [6, 6.07) is 0.608. The molecule has 18 heavy (non-hydrogen) atoms. The molecule has 1 aliphatic carbocycles. The standard InChI is InChI=1S/C13H23N3OS/c1-10(17)8-16(11-5-3-2-4-6-11)9-12-7-15-13(14)18-12/h7,10-11,17H,2-6,8-9H2,1H3,(H2,14,15). The Bertz CT molecular complexity index is 361. The number of rotatable bonds is 5. The van der Waals surface area contributed by atoms with E-state index in [1.54, 1.807) is 11.3 Å². The SMILES string of the molecule is CC(O)CN(Cc1cnc(N)s1)C1CCCCC1. The van der Waals surface area contributed by atoms with Crippen LogP contribution >= 0.6 is 11.3 Å². The second-order valence-electron chi connectivity index (χ2n) is 5.24. The predicted molar refractivity (Wildman–Crippen MR) is 75.5 cm³/mol. The molecule has 1 aromatic rings. The number of nitrogens with two attached hydrogens (primary N) is 1. The van der Waals surface area contributed by atoms with E-state index in [1.165, 1.54) is 37.0 Å². The molecule has 0 aromatic carbocycles. The Hall–Kier alpha value is -0.650. The number of aliphatic hydroxyl groups excluding tert-OH is 1. The zero-order valence-corrected chi connectivity index (χ0v) is 11.8. The summed E-state index contributed by atoms with van der Waals surface area (Å²) in [5, 5.41) is 10.3. The second-order valence-corrected chi connectivity index (χ2v) is 6.38. The average molecular weight is 269 g/mol. The van der Waals surface area contributed by atoms with Crippen molar-refractivity contribution in [1.29, 1.82) is 0 Å². The second kappa shape index (κ2) is 6.50. The Balaban J connectivity index is 1.99. The van der Waals surface area contributed by atoms with Crippen molar-refractivity contribution in [1.82, 2.24) is 9.88 Å². The fourth-order valence-corrected chi connectivity index (χ4v) is 3.43. The third kappa shape index (κ3) is 3.93. The number of aliphatic hydroxyl groups is 1. The Morgan fingerprint density at radius 2 is 2.22 bits per heavy atom. The molecule has 0 aliphatic heterocycles. The van der Waals surface area contributed by atoms with E-state index in [1.807, 2.05) is 13.1 Å². The van der Waals surface area contributed by atoms with Gasteiger partial charge in [0.15, 0.2) is 5.13 Å². The highest BCUT2D eigenvalue weighted by molar-refractivity contribution is 7.15. The van der Waals surface area contributed by atoms with Crippen molar-refractivity contribution >= 4 is 16.5 Å². The quantitative estimate of drug-likeness (QED) is 0.860. The number of thiazole rings is 1. The molecule has 3 N–H and O–H groups in total. The molecular weight excluding hydrogens is 246 g/mol. The van der Waals surface area contributed by atoms with Crippen LogP contribution in [0, 0.1) is 0 Å². The van der Waals surface area contributed by atoms with Gasteiger partial charge in [-0.3, -0.25) is 4.90 Å². The predicted octanol–water partition coefficient (Wildman–Crippen LogP) is 2.24. The lowest BCUT2D eigenvalue weighted by Crippen LogP contribution is -2.40. The summed E-state index contributed by atoms with van der Waals surface area (Å²) >= 11 is 1.55. The highest BCUT2D eigenvalue weighted by Crippen LogP contribution is 2.26. The van der Waals surface area contributed by atoms with Gasteiger partial charge >= 0.3 is 0 Å². The number of anilines is 1. The molecule has 102 valence electrons. The van der Waals surface area contributed by atoms with E-state index in [0.717, 1.165) is 13.1 Å². The molecule has 1 saturated carbocycles. The molecule has 0 amide bonds. The van der Waals surface area contributed by atoms with Gasteiger partial charge in [-0.25, -0.2) is 4.98 Å². The maximum Gasteiger partial charge on any atom is 0.180 e. The van der Waals surface area contributed by atoms with Crippen LogP contribution in [-0.4, -0.2) is 33.7 Å². The van der Waals surface area contributed by atoms with E-state index < -0.39 is 0 Å². The summed E-state index contributed by atoms with van der Waals surface area (Å²) in [5.41, 5.74) is 5.67. The number of aromatic nitrogens is 1. The first kappa shape index (κ1) is 13.8. The minimum atomic E-state index is -0.280. The minimum absolute atomic E-state index is 0.280. The Kier molecular flexibility index (Phi) is 4.97. The number of nitrogens with zero attached hydrogens (tertiary/aromatic N) is 2. The van der Waals surface area contributed by atoms with Crippen LogP contribution in [-0.2, 0) is 6.54 Å². The fourth-order valence-electron chi connectivity index (χ4n) is 2.72. The maximum atomic E-state index is 9.66. The zero-order valence-electron chi connectivity index (χ0n) is 11.0. The van der Waals surface area contributed by atoms with Crippen LogP contribution in [0.25, 0.3) is 0 Å². The molecule has 1 unspecified atom stereocenters. The monoisotopic (exact) mass is 269 g/mol. The lowest BCUT2D eigenvalue weighted by molar-refractivity contribution is 0.0776. The first-order valence-corrected chi connectivity index (χ1v) is 7.59. The van der Waals surface area contributed by atoms with Crippen LogP contribution in [0.5, 0.6) is 0 Å². The summed E-state index contributed by atoms with van der Waals surface area (Å²) in [5.74, 6) is 0. The highest BCUT2D eigenvalue weighted by Gasteiger charge is 2.22. The molecule has 2 rings (SSSR count). The molecule has 0 spiro atoms. The fraction of sp³-hybridized carbons (Fsp3) is 0.769. The van der Waals surface area contributed by atoms with Crippen molar-refractivity contribution in [3.05, 3.63) is 11.1 Å². The summed E-state index contributed by atoms with van der Waals surface area (Å²) in [7, 11) is 0. The van der Waals surface area contributed by atoms with E-state index >= 15 is 0 Å². The minimum Gasteiger partial charge on any atom is -0.392 e. The van der Waals surface area contributed by atoms with E-state index in [9.17, 15) is 5.11 Å². The molecule has 0 bridgehead atoms. The van der Waals surface area contributed by atoms with Crippen molar-refractivity contribution < 1.29 is 5.11 Å². The van der Waals surface area contributed by atoms with Gasteiger partial charge in [0.1, 0.15) is 0 Å². The van der Waals surface area contributed by atoms with E-state index in [4.69, 9.17) is 5.73 Å². The highest BCUT2D eigenvalue weighted by atomic mass is 32.1. The molecule has 0 radical (unpaired) electrons. The normalized spacial score (nSPS) is 19.3. The first-order chi connectivity index (χ1) is 8.65. The van der Waals surface area contributed by atoms with Crippen LogP contribution in [0.3, 0.4) is 0 Å². The lowest BCUT2D eigenvalue weighted by atomic mass is 9.94. The third-order valence-corrected chi connectivity index (χ3v) is 4.33. The molecule has 1 atom stereocenters. The number of hydrogen-bond donors (Lipinski definition) is 2. The van der Waals surface area contributed by atoms with Gasteiger partial charge in [-0.05, 0) is 19.8 Å². The van der Waals surface area contributed by atoms with Crippen molar-refractivity contribution in [2.24, 2.45) is 0 Å². The molecule has 1 heterocycles. The van der Waals surface area contributed by atoms with Crippen LogP contribution in [0.15, 0.2) is 6.20 Å². The molecular formula is C13H23N3OS. The van der Waals surface area contributed by atoms with Crippen molar-refractivity contribution in [3.63, 3.8) is 0 Å². The third-order valence-electron chi connectivity index (χ3n) is 3.52. The van der Waals surface area contributed by atoms with Crippen molar-refractivity contribution in [3.8, 4) is 0 Å². The first-order valence-electron chi connectivity index (χ1n) is 6.77. The van der Waals surface area contributed by atoms with Crippen molar-refractivity contribution in [2.75, 3.05) is 12.3 Å². The zero-order chi connectivity index (χ0) is 13.0. The van der Waals surface area contributed by atoms with E-state index in [0.29, 0.717) is 11.2 Å². The van der Waals surface area contributed by atoms with Gasteiger partial charge < -0.3 is 10.8 Å². The molecule has 0 saturated heterocycles. The summed E-state index contributed by atoms with van der Waals surface area (Å²) in [6.45, 7) is 3.46. The van der Waals surface area contributed by atoms with Crippen LogP contribution in [0.4, 0.5) is 5.13 Å². The van der Waals surface area contributed by atoms with Crippen LogP contribution in [0.2, 0.25) is 0 Å². The largest absolute Gasteiger partial charge is 0.392 e. The van der Waals surface area contributed by atoms with Gasteiger partial charge in [-0.2, -0.15) is 0 Å². The van der Waals surface area contributed by atoms with Gasteiger partial charge in [0.2, 0.25) is 0 Å². The molecule has 1 aromatic heterocycles. The average Bonchev–Trinajstić information content (AvgIpc) is 2.75. The molecule has 1 fully saturated rings. The van der Waals surface area contributed by atoms with Gasteiger partial charge in [0.05, 0.1) is 6.10 Å². The topological polar surface area (TPSA) is 62.4 Å². The van der Waals surface area contributed by atoms with Gasteiger partial charge in [-0.15, -0.1) is 11.3 Å². The van der Waals surface area contributed by atoms with E-state index in [2.05, 4.69) is 9.88 Å². The Morgan fingerprint density at radius 1 is 1.50 bits per heavy atom. The molecule has 1 aliphatic rings.